The maximum Gasteiger partial charge on any atom is 0.333 e. The van der Waals surface area contributed by atoms with E-state index in [2.05, 4.69) is 37.7 Å². The summed E-state index contributed by atoms with van der Waals surface area (Å²) in [5.41, 5.74) is 3.05. The molecule has 0 heterocycles. The first kappa shape index (κ1) is 17.4. The zero-order valence-corrected chi connectivity index (χ0v) is 12.4. The van der Waals surface area contributed by atoms with E-state index in [0.717, 1.165) is 19.3 Å². The molecule has 0 saturated heterocycles. The quantitative estimate of drug-likeness (QED) is 0.290. The Morgan fingerprint density at radius 2 is 1.68 bits per heavy atom. The molecule has 0 amide bonds. The van der Waals surface area contributed by atoms with Crippen molar-refractivity contribution in [3.63, 3.8) is 0 Å². The lowest BCUT2D eigenvalue weighted by atomic mass is 10.1. The third-order valence-corrected chi connectivity index (χ3v) is 2.71. The van der Waals surface area contributed by atoms with Crippen LogP contribution in [0.25, 0.3) is 0 Å². The normalized spacial score (nSPS) is 12.0. The van der Waals surface area contributed by atoms with E-state index in [0.29, 0.717) is 18.3 Å². The molecule has 0 saturated carbocycles. The minimum absolute atomic E-state index is 0.422. The number of rotatable bonds is 8. The summed E-state index contributed by atoms with van der Waals surface area (Å²) in [5, 5.41) is 0. The summed E-state index contributed by atoms with van der Waals surface area (Å²) in [4.78, 5) is 21.8. The van der Waals surface area contributed by atoms with Gasteiger partial charge in [-0.05, 0) is 52.5 Å². The molecule has 0 spiro atoms. The first-order valence-electron chi connectivity index (χ1n) is 6.53. The van der Waals surface area contributed by atoms with E-state index in [4.69, 9.17) is 0 Å². The fourth-order valence-corrected chi connectivity index (χ4v) is 1.63. The molecule has 0 aliphatic heterocycles. The van der Waals surface area contributed by atoms with Crippen molar-refractivity contribution in [3.8, 4) is 0 Å². The molecule has 0 aromatic heterocycles. The predicted octanol–water partition coefficient (Wildman–Crippen LogP) is 3.76. The van der Waals surface area contributed by atoms with Crippen molar-refractivity contribution in [2.75, 3.05) is 7.11 Å². The standard InChI is InChI=1S/C16H24O3/c1-13(2)7-5-8-14(3)9-6-10-15(11-12-17)16(18)19-4/h7,9,11-12H,5-6,8,10H2,1-4H3/b14-9+,15-11+. The van der Waals surface area contributed by atoms with Crippen LogP contribution < -0.4 is 0 Å². The molecular weight excluding hydrogens is 240 g/mol. The van der Waals surface area contributed by atoms with Gasteiger partial charge in [0.15, 0.2) is 0 Å². The SMILES string of the molecule is COC(=O)/C(=C/C=O)CC/C=C(\C)CCC=C(C)C. The van der Waals surface area contributed by atoms with Gasteiger partial charge in [-0.25, -0.2) is 4.79 Å². The molecule has 0 bridgehead atoms. The number of aldehydes is 1. The van der Waals surface area contributed by atoms with Gasteiger partial charge >= 0.3 is 5.97 Å². The Labute approximate surface area is 116 Å². The van der Waals surface area contributed by atoms with E-state index in [1.165, 1.54) is 24.3 Å². The van der Waals surface area contributed by atoms with Crippen LogP contribution in [0.4, 0.5) is 0 Å². The minimum Gasteiger partial charge on any atom is -0.466 e. The number of ether oxygens (including phenoxy) is 1. The molecule has 0 radical (unpaired) electrons. The summed E-state index contributed by atoms with van der Waals surface area (Å²) in [7, 11) is 1.32. The van der Waals surface area contributed by atoms with Gasteiger partial charge in [-0.2, -0.15) is 0 Å². The third kappa shape index (κ3) is 9.00. The van der Waals surface area contributed by atoms with Gasteiger partial charge in [0.2, 0.25) is 0 Å². The van der Waals surface area contributed by atoms with Crippen LogP contribution in [-0.4, -0.2) is 19.4 Å². The highest BCUT2D eigenvalue weighted by molar-refractivity contribution is 5.92. The Balaban J connectivity index is 4.23. The molecule has 3 heteroatoms. The van der Waals surface area contributed by atoms with Crippen molar-refractivity contribution < 1.29 is 14.3 Å². The van der Waals surface area contributed by atoms with Crippen molar-refractivity contribution >= 4 is 12.3 Å². The first-order chi connectivity index (χ1) is 9.01. The van der Waals surface area contributed by atoms with E-state index in [1.54, 1.807) is 0 Å². The summed E-state index contributed by atoms with van der Waals surface area (Å²) >= 11 is 0. The molecule has 0 atom stereocenters. The van der Waals surface area contributed by atoms with Crippen LogP contribution in [0.2, 0.25) is 0 Å². The number of esters is 1. The van der Waals surface area contributed by atoms with Crippen LogP contribution in [0.5, 0.6) is 0 Å². The second-order valence-corrected chi connectivity index (χ2v) is 4.73. The van der Waals surface area contributed by atoms with Crippen molar-refractivity contribution in [2.24, 2.45) is 0 Å². The van der Waals surface area contributed by atoms with E-state index in [1.807, 2.05) is 0 Å². The van der Waals surface area contributed by atoms with Gasteiger partial charge in [-0.1, -0.05) is 23.3 Å². The number of hydrogen-bond donors (Lipinski definition) is 0. The Morgan fingerprint density at radius 1 is 1.05 bits per heavy atom. The molecule has 19 heavy (non-hydrogen) atoms. The topological polar surface area (TPSA) is 43.4 Å². The minimum atomic E-state index is -0.428. The molecular formula is C16H24O3. The Bertz CT molecular complexity index is 383. The van der Waals surface area contributed by atoms with Crippen molar-refractivity contribution in [2.45, 2.75) is 46.5 Å². The fraction of sp³-hybridized carbons (Fsp3) is 0.500. The highest BCUT2D eigenvalue weighted by atomic mass is 16.5. The van der Waals surface area contributed by atoms with Gasteiger partial charge in [0.05, 0.1) is 7.11 Å². The maximum absolute atomic E-state index is 11.3. The van der Waals surface area contributed by atoms with Crippen LogP contribution >= 0.6 is 0 Å². The highest BCUT2D eigenvalue weighted by Crippen LogP contribution is 2.12. The summed E-state index contributed by atoms with van der Waals surface area (Å²) in [6.45, 7) is 6.26. The highest BCUT2D eigenvalue weighted by Gasteiger charge is 2.07. The second kappa shape index (κ2) is 10.3. The van der Waals surface area contributed by atoms with Gasteiger partial charge in [0, 0.05) is 5.57 Å². The third-order valence-electron chi connectivity index (χ3n) is 2.71. The summed E-state index contributed by atoms with van der Waals surface area (Å²) in [6.07, 6.45) is 9.56. The number of methoxy groups -OCH3 is 1. The van der Waals surface area contributed by atoms with E-state index >= 15 is 0 Å². The molecule has 0 aromatic carbocycles. The van der Waals surface area contributed by atoms with E-state index < -0.39 is 5.97 Å². The molecule has 0 aromatic rings. The van der Waals surface area contributed by atoms with Crippen molar-refractivity contribution in [3.05, 3.63) is 34.9 Å². The molecule has 0 fully saturated rings. The van der Waals surface area contributed by atoms with Crippen LogP contribution in [0.1, 0.15) is 46.5 Å². The maximum atomic E-state index is 11.3. The van der Waals surface area contributed by atoms with E-state index in [9.17, 15) is 9.59 Å². The smallest absolute Gasteiger partial charge is 0.333 e. The van der Waals surface area contributed by atoms with Crippen LogP contribution in [0, 0.1) is 0 Å². The van der Waals surface area contributed by atoms with Gasteiger partial charge in [-0.15, -0.1) is 0 Å². The van der Waals surface area contributed by atoms with Gasteiger partial charge < -0.3 is 4.74 Å². The van der Waals surface area contributed by atoms with Gasteiger partial charge in [0.1, 0.15) is 6.29 Å². The monoisotopic (exact) mass is 264 g/mol. The summed E-state index contributed by atoms with van der Waals surface area (Å²) in [5.74, 6) is -0.428. The summed E-state index contributed by atoms with van der Waals surface area (Å²) < 4.78 is 4.62. The zero-order valence-electron chi connectivity index (χ0n) is 12.4. The zero-order chi connectivity index (χ0) is 14.7. The van der Waals surface area contributed by atoms with Crippen LogP contribution in [-0.2, 0) is 14.3 Å². The largest absolute Gasteiger partial charge is 0.466 e. The summed E-state index contributed by atoms with van der Waals surface area (Å²) in [6, 6.07) is 0. The lowest BCUT2D eigenvalue weighted by Crippen LogP contribution is -2.04. The van der Waals surface area contributed by atoms with Gasteiger partial charge in [0.25, 0.3) is 0 Å². The van der Waals surface area contributed by atoms with Gasteiger partial charge in [-0.3, -0.25) is 4.79 Å². The molecule has 0 aliphatic rings. The average Bonchev–Trinajstić information content (AvgIpc) is 2.36. The average molecular weight is 264 g/mol. The number of carbonyl (C=O) groups excluding carboxylic acids is 2. The lowest BCUT2D eigenvalue weighted by molar-refractivity contribution is -0.136. The molecule has 3 nitrogen and oxygen atoms in total. The predicted molar refractivity (Wildman–Crippen MR) is 77.8 cm³/mol. The van der Waals surface area contributed by atoms with Crippen molar-refractivity contribution in [1.29, 1.82) is 0 Å². The molecule has 0 aliphatic carbocycles. The Morgan fingerprint density at radius 3 is 2.21 bits per heavy atom. The van der Waals surface area contributed by atoms with Crippen LogP contribution in [0.15, 0.2) is 34.9 Å². The molecule has 0 rings (SSSR count). The lowest BCUT2D eigenvalue weighted by Gasteiger charge is -2.03. The fourth-order valence-electron chi connectivity index (χ4n) is 1.63. The number of carbonyl (C=O) groups is 2. The van der Waals surface area contributed by atoms with E-state index in [-0.39, 0.29) is 0 Å². The molecule has 0 N–H and O–H groups in total. The second-order valence-electron chi connectivity index (χ2n) is 4.73. The van der Waals surface area contributed by atoms with Crippen LogP contribution in [0.3, 0.4) is 0 Å². The number of hydrogen-bond acceptors (Lipinski definition) is 3. The Kier molecular flexibility index (Phi) is 9.41. The first-order valence-corrected chi connectivity index (χ1v) is 6.53. The molecule has 0 unspecified atom stereocenters. The molecule has 106 valence electrons. The van der Waals surface area contributed by atoms with Crippen molar-refractivity contribution in [1.82, 2.24) is 0 Å². The number of allylic oxidation sites excluding steroid dienone is 5. The Hall–Kier alpha value is -1.64.